The summed E-state index contributed by atoms with van der Waals surface area (Å²) in [6.45, 7) is 1.98. The van der Waals surface area contributed by atoms with E-state index in [1.54, 1.807) is 0 Å². The second-order valence-electron chi connectivity index (χ2n) is 4.41. The molecule has 0 saturated heterocycles. The molecule has 3 aromatic rings. The van der Waals surface area contributed by atoms with Crippen LogP contribution in [0.2, 0.25) is 5.02 Å². The number of halogens is 1. The van der Waals surface area contributed by atoms with E-state index >= 15 is 0 Å². The summed E-state index contributed by atoms with van der Waals surface area (Å²) in [5.74, 6) is 0. The molecule has 2 aromatic heterocycles. The Balaban J connectivity index is 2.01. The smallest absolute Gasteiger partial charge is 0.180 e. The minimum atomic E-state index is 0.571. The lowest BCUT2D eigenvalue weighted by Crippen LogP contribution is -1.92. The molecule has 0 saturated carbocycles. The minimum Gasteiger partial charge on any atom is -0.375 e. The average Bonchev–Trinajstić information content (AvgIpc) is 2.86. The Kier molecular flexibility index (Phi) is 3.42. The highest BCUT2D eigenvalue weighted by Gasteiger charge is 2.08. The van der Waals surface area contributed by atoms with Gasteiger partial charge in [0.2, 0.25) is 0 Å². The summed E-state index contributed by atoms with van der Waals surface area (Å²) in [6, 6.07) is 11.7. The van der Waals surface area contributed by atoms with Gasteiger partial charge in [-0.05, 0) is 31.2 Å². The quantitative estimate of drug-likeness (QED) is 0.762. The van der Waals surface area contributed by atoms with Gasteiger partial charge >= 0.3 is 0 Å². The Morgan fingerprint density at radius 2 is 1.75 bits per heavy atom. The van der Waals surface area contributed by atoms with E-state index in [2.05, 4.69) is 9.97 Å². The van der Waals surface area contributed by atoms with E-state index in [4.69, 9.17) is 17.3 Å². The van der Waals surface area contributed by atoms with Crippen LogP contribution in [0.4, 0.5) is 5.13 Å². The number of pyridine rings is 1. The van der Waals surface area contributed by atoms with Gasteiger partial charge in [-0.15, -0.1) is 11.3 Å². The van der Waals surface area contributed by atoms with E-state index in [0.717, 1.165) is 33.2 Å². The number of hydrogen-bond donors (Lipinski definition) is 1. The van der Waals surface area contributed by atoms with Crippen LogP contribution in [0, 0.1) is 6.92 Å². The number of aryl methyl sites for hydroxylation is 1. The number of anilines is 1. The monoisotopic (exact) mass is 301 g/mol. The largest absolute Gasteiger partial charge is 0.375 e. The zero-order valence-electron chi connectivity index (χ0n) is 10.8. The Hall–Kier alpha value is -1.91. The first-order valence-electron chi connectivity index (χ1n) is 6.08. The SMILES string of the molecule is Cc1nc(-c2ccc(Cl)cc2)ccc1-c1csc(N)n1. The van der Waals surface area contributed by atoms with Gasteiger partial charge in [0.15, 0.2) is 5.13 Å². The fourth-order valence-corrected chi connectivity index (χ4v) is 2.71. The van der Waals surface area contributed by atoms with Crippen molar-refractivity contribution in [1.29, 1.82) is 0 Å². The van der Waals surface area contributed by atoms with Crippen molar-refractivity contribution in [2.75, 3.05) is 5.73 Å². The molecule has 2 N–H and O–H groups in total. The Bertz CT molecular complexity index is 750. The maximum atomic E-state index is 5.90. The van der Waals surface area contributed by atoms with E-state index in [9.17, 15) is 0 Å². The predicted octanol–water partition coefficient (Wildman–Crippen LogP) is 4.42. The van der Waals surface area contributed by atoms with E-state index in [1.807, 2.05) is 48.7 Å². The lowest BCUT2D eigenvalue weighted by Gasteiger charge is -2.06. The second-order valence-corrected chi connectivity index (χ2v) is 5.73. The normalized spacial score (nSPS) is 10.7. The summed E-state index contributed by atoms with van der Waals surface area (Å²) in [5.41, 5.74) is 10.5. The van der Waals surface area contributed by atoms with Crippen LogP contribution in [0.1, 0.15) is 5.69 Å². The van der Waals surface area contributed by atoms with Gasteiger partial charge in [0, 0.05) is 27.2 Å². The standard InChI is InChI=1S/C15H12ClN3S/c1-9-12(14-8-20-15(17)19-14)6-7-13(18-9)10-2-4-11(16)5-3-10/h2-8H,1H3,(H2,17,19). The lowest BCUT2D eigenvalue weighted by molar-refractivity contribution is 1.20. The molecule has 0 atom stereocenters. The van der Waals surface area contributed by atoms with Gasteiger partial charge in [-0.25, -0.2) is 4.98 Å². The molecule has 0 radical (unpaired) electrons. The van der Waals surface area contributed by atoms with Crippen LogP contribution in [-0.2, 0) is 0 Å². The predicted molar refractivity (Wildman–Crippen MR) is 84.9 cm³/mol. The molecule has 3 nitrogen and oxygen atoms in total. The number of nitrogens with two attached hydrogens (primary N) is 1. The number of benzene rings is 1. The van der Waals surface area contributed by atoms with E-state index in [0.29, 0.717) is 5.13 Å². The number of thiazole rings is 1. The molecule has 0 aliphatic rings. The van der Waals surface area contributed by atoms with Gasteiger partial charge in [-0.3, -0.25) is 4.98 Å². The number of rotatable bonds is 2. The Labute approximate surface area is 126 Å². The average molecular weight is 302 g/mol. The van der Waals surface area contributed by atoms with Crippen molar-refractivity contribution in [3.8, 4) is 22.5 Å². The molecule has 0 aliphatic heterocycles. The Morgan fingerprint density at radius 1 is 1.00 bits per heavy atom. The summed E-state index contributed by atoms with van der Waals surface area (Å²) < 4.78 is 0. The van der Waals surface area contributed by atoms with E-state index in [1.165, 1.54) is 11.3 Å². The molecule has 0 fully saturated rings. The maximum Gasteiger partial charge on any atom is 0.180 e. The van der Waals surface area contributed by atoms with Crippen LogP contribution in [0.15, 0.2) is 41.8 Å². The van der Waals surface area contributed by atoms with Crippen molar-refractivity contribution in [3.63, 3.8) is 0 Å². The summed E-state index contributed by atoms with van der Waals surface area (Å²) in [6.07, 6.45) is 0. The van der Waals surface area contributed by atoms with Gasteiger partial charge in [-0.1, -0.05) is 23.7 Å². The molecule has 0 unspecified atom stereocenters. The van der Waals surface area contributed by atoms with Crippen LogP contribution in [-0.4, -0.2) is 9.97 Å². The first kappa shape index (κ1) is 13.1. The van der Waals surface area contributed by atoms with Crippen molar-refractivity contribution >= 4 is 28.1 Å². The van der Waals surface area contributed by atoms with Crippen LogP contribution < -0.4 is 5.73 Å². The molecule has 20 heavy (non-hydrogen) atoms. The fourth-order valence-electron chi connectivity index (χ4n) is 2.02. The van der Waals surface area contributed by atoms with Gasteiger partial charge < -0.3 is 5.73 Å². The van der Waals surface area contributed by atoms with Crippen LogP contribution >= 0.6 is 22.9 Å². The van der Waals surface area contributed by atoms with Crippen LogP contribution in [0.25, 0.3) is 22.5 Å². The highest BCUT2D eigenvalue weighted by molar-refractivity contribution is 7.13. The first-order chi connectivity index (χ1) is 9.63. The van der Waals surface area contributed by atoms with E-state index in [-0.39, 0.29) is 0 Å². The third-order valence-corrected chi connectivity index (χ3v) is 3.95. The van der Waals surface area contributed by atoms with Gasteiger partial charge in [-0.2, -0.15) is 0 Å². The molecule has 0 bridgehead atoms. The van der Waals surface area contributed by atoms with Crippen molar-refractivity contribution in [2.45, 2.75) is 6.92 Å². The zero-order chi connectivity index (χ0) is 14.1. The molecule has 2 heterocycles. The maximum absolute atomic E-state index is 5.90. The van der Waals surface area contributed by atoms with Gasteiger partial charge in [0.05, 0.1) is 11.4 Å². The molecular weight excluding hydrogens is 290 g/mol. The summed E-state index contributed by atoms with van der Waals surface area (Å²) in [4.78, 5) is 8.93. The van der Waals surface area contributed by atoms with Crippen LogP contribution in [0.3, 0.4) is 0 Å². The molecule has 0 spiro atoms. The molecule has 3 rings (SSSR count). The summed E-state index contributed by atoms with van der Waals surface area (Å²) in [7, 11) is 0. The third-order valence-electron chi connectivity index (χ3n) is 3.02. The van der Waals surface area contributed by atoms with Gasteiger partial charge in [0.25, 0.3) is 0 Å². The van der Waals surface area contributed by atoms with E-state index < -0.39 is 0 Å². The summed E-state index contributed by atoms with van der Waals surface area (Å²) in [5, 5.41) is 3.24. The molecule has 0 aliphatic carbocycles. The van der Waals surface area contributed by atoms with Crippen molar-refractivity contribution < 1.29 is 0 Å². The topological polar surface area (TPSA) is 51.8 Å². The highest BCUT2D eigenvalue weighted by Crippen LogP contribution is 2.28. The molecule has 5 heteroatoms. The van der Waals surface area contributed by atoms with Crippen molar-refractivity contribution in [2.24, 2.45) is 0 Å². The first-order valence-corrected chi connectivity index (χ1v) is 7.34. The number of nitrogen functional groups attached to an aromatic ring is 1. The van der Waals surface area contributed by atoms with Gasteiger partial charge in [0.1, 0.15) is 0 Å². The number of hydrogen-bond acceptors (Lipinski definition) is 4. The highest BCUT2D eigenvalue weighted by atomic mass is 35.5. The minimum absolute atomic E-state index is 0.571. The van der Waals surface area contributed by atoms with Crippen LogP contribution in [0.5, 0.6) is 0 Å². The molecule has 1 aromatic carbocycles. The second kappa shape index (κ2) is 5.23. The summed E-state index contributed by atoms with van der Waals surface area (Å²) >= 11 is 7.33. The molecular formula is C15H12ClN3S. The van der Waals surface area contributed by atoms with Crippen molar-refractivity contribution in [3.05, 3.63) is 52.5 Å². The zero-order valence-corrected chi connectivity index (χ0v) is 12.4. The van der Waals surface area contributed by atoms with Crippen molar-refractivity contribution in [1.82, 2.24) is 9.97 Å². The fraction of sp³-hybridized carbons (Fsp3) is 0.0667. The third kappa shape index (κ3) is 2.53. The lowest BCUT2D eigenvalue weighted by atomic mass is 10.1. The number of aromatic nitrogens is 2. The molecule has 0 amide bonds. The Morgan fingerprint density at radius 3 is 2.35 bits per heavy atom. The molecule has 100 valence electrons. The number of nitrogens with zero attached hydrogens (tertiary/aromatic N) is 2.